The molecule has 0 heterocycles. The highest BCUT2D eigenvalue weighted by molar-refractivity contribution is 14.0. The van der Waals surface area contributed by atoms with Crippen LogP contribution in [0.2, 0.25) is 0 Å². The highest BCUT2D eigenvalue weighted by Gasteiger charge is 2.45. The van der Waals surface area contributed by atoms with Crippen molar-refractivity contribution in [3.63, 3.8) is 0 Å². The van der Waals surface area contributed by atoms with E-state index in [9.17, 15) is 17.6 Å². The fraction of sp³-hybridized carbons (Fsp3) is 0.632. The van der Waals surface area contributed by atoms with Gasteiger partial charge in [-0.15, -0.1) is 24.0 Å². The molecule has 2 aliphatic carbocycles. The molecule has 2 atom stereocenters. The number of nitrogens with zero attached hydrogens (tertiary/aromatic N) is 1. The van der Waals surface area contributed by atoms with Crippen molar-refractivity contribution in [3.05, 3.63) is 35.6 Å². The lowest BCUT2D eigenvalue weighted by Gasteiger charge is -2.32. The van der Waals surface area contributed by atoms with Crippen LogP contribution in [0, 0.1) is 11.7 Å². The Labute approximate surface area is 174 Å². The average Bonchev–Trinajstić information content (AvgIpc) is 3.39. The quantitative estimate of drug-likeness (QED) is 0.271. The summed E-state index contributed by atoms with van der Waals surface area (Å²) >= 11 is 0. The molecule has 0 spiro atoms. The van der Waals surface area contributed by atoms with Crippen molar-refractivity contribution in [1.82, 2.24) is 10.6 Å². The van der Waals surface area contributed by atoms with E-state index in [1.165, 1.54) is 6.07 Å². The summed E-state index contributed by atoms with van der Waals surface area (Å²) in [5.41, 5.74) is 0.844. The summed E-state index contributed by atoms with van der Waals surface area (Å²) in [6.45, 7) is 0.589. The van der Waals surface area contributed by atoms with Crippen molar-refractivity contribution in [2.75, 3.05) is 13.6 Å². The molecular weight excluding hydrogens is 473 g/mol. The third-order valence-corrected chi connectivity index (χ3v) is 5.59. The molecule has 0 bridgehead atoms. The lowest BCUT2D eigenvalue weighted by Crippen LogP contribution is -2.48. The minimum atomic E-state index is -4.13. The van der Waals surface area contributed by atoms with Crippen LogP contribution in [0.3, 0.4) is 0 Å². The highest BCUT2D eigenvalue weighted by Crippen LogP contribution is 2.47. The van der Waals surface area contributed by atoms with Crippen molar-refractivity contribution in [1.29, 1.82) is 0 Å². The van der Waals surface area contributed by atoms with Gasteiger partial charge < -0.3 is 10.6 Å². The molecule has 0 amide bonds. The van der Waals surface area contributed by atoms with E-state index in [0.717, 1.165) is 18.4 Å². The molecule has 0 saturated heterocycles. The molecular formula is C19H26F4IN3. The van der Waals surface area contributed by atoms with Gasteiger partial charge in [-0.25, -0.2) is 4.39 Å². The fourth-order valence-electron chi connectivity index (χ4n) is 3.80. The van der Waals surface area contributed by atoms with E-state index in [4.69, 9.17) is 0 Å². The van der Waals surface area contributed by atoms with Crippen molar-refractivity contribution in [2.45, 2.75) is 56.2 Å². The van der Waals surface area contributed by atoms with Gasteiger partial charge in [0.25, 0.3) is 0 Å². The molecule has 0 radical (unpaired) electrons. The number of rotatable bonds is 4. The largest absolute Gasteiger partial charge is 0.391 e. The lowest BCUT2D eigenvalue weighted by molar-refractivity contribution is -0.183. The molecule has 3 rings (SSSR count). The summed E-state index contributed by atoms with van der Waals surface area (Å²) in [5.74, 6) is -0.980. The van der Waals surface area contributed by atoms with Gasteiger partial charge in [-0.05, 0) is 49.8 Å². The SMILES string of the molecule is CN=C(NCC1(c2cccc(F)c2)CC1)NC1CCCC(C(F)(F)F)C1.I. The van der Waals surface area contributed by atoms with Gasteiger partial charge in [0.05, 0.1) is 5.92 Å². The van der Waals surface area contributed by atoms with Gasteiger partial charge in [0.15, 0.2) is 5.96 Å². The summed E-state index contributed by atoms with van der Waals surface area (Å²) in [5, 5.41) is 6.36. The van der Waals surface area contributed by atoms with Gasteiger partial charge in [0, 0.05) is 25.0 Å². The topological polar surface area (TPSA) is 36.4 Å². The van der Waals surface area contributed by atoms with Gasteiger partial charge in [-0.2, -0.15) is 13.2 Å². The molecule has 152 valence electrons. The first-order valence-electron chi connectivity index (χ1n) is 9.12. The summed E-state index contributed by atoms with van der Waals surface area (Å²) in [7, 11) is 1.61. The van der Waals surface area contributed by atoms with Crippen LogP contribution in [0.15, 0.2) is 29.3 Å². The molecule has 2 N–H and O–H groups in total. The summed E-state index contributed by atoms with van der Waals surface area (Å²) in [6, 6.07) is 6.37. The minimum absolute atomic E-state index is 0. The number of aliphatic imine (C=N–C) groups is 1. The van der Waals surface area contributed by atoms with Gasteiger partial charge in [0.2, 0.25) is 0 Å². The second-order valence-electron chi connectivity index (χ2n) is 7.46. The first kappa shape index (κ1) is 22.2. The molecule has 2 saturated carbocycles. The molecule has 0 aliphatic heterocycles. The second-order valence-corrected chi connectivity index (χ2v) is 7.46. The van der Waals surface area contributed by atoms with Crippen LogP contribution in [-0.4, -0.2) is 31.8 Å². The highest BCUT2D eigenvalue weighted by atomic mass is 127. The molecule has 27 heavy (non-hydrogen) atoms. The normalized spacial score (nSPS) is 24.7. The summed E-state index contributed by atoms with van der Waals surface area (Å²) in [6.07, 6.45) is -0.656. The van der Waals surface area contributed by atoms with Crippen molar-refractivity contribution < 1.29 is 17.6 Å². The van der Waals surface area contributed by atoms with Gasteiger partial charge in [-0.1, -0.05) is 18.6 Å². The lowest BCUT2D eigenvalue weighted by atomic mass is 9.85. The molecule has 0 aromatic heterocycles. The molecule has 1 aromatic rings. The van der Waals surface area contributed by atoms with E-state index in [0.29, 0.717) is 25.3 Å². The Morgan fingerprint density at radius 3 is 2.59 bits per heavy atom. The zero-order valence-corrected chi connectivity index (χ0v) is 17.6. The maximum atomic E-state index is 13.5. The van der Waals surface area contributed by atoms with E-state index in [1.54, 1.807) is 19.2 Å². The zero-order valence-electron chi connectivity index (χ0n) is 15.3. The average molecular weight is 499 g/mol. The van der Waals surface area contributed by atoms with Crippen LogP contribution >= 0.6 is 24.0 Å². The Morgan fingerprint density at radius 1 is 1.26 bits per heavy atom. The van der Waals surface area contributed by atoms with Crippen molar-refractivity contribution >= 4 is 29.9 Å². The fourth-order valence-corrected chi connectivity index (χ4v) is 3.80. The van der Waals surface area contributed by atoms with E-state index >= 15 is 0 Å². The zero-order chi connectivity index (χ0) is 18.8. The molecule has 1 aromatic carbocycles. The number of hydrogen-bond acceptors (Lipinski definition) is 1. The number of guanidine groups is 1. The molecule has 8 heteroatoms. The summed E-state index contributed by atoms with van der Waals surface area (Å²) in [4.78, 5) is 4.15. The van der Waals surface area contributed by atoms with Crippen molar-refractivity contribution in [2.24, 2.45) is 10.9 Å². The molecule has 2 aliphatic rings. The van der Waals surface area contributed by atoms with Crippen LogP contribution < -0.4 is 10.6 Å². The monoisotopic (exact) mass is 499 g/mol. The van der Waals surface area contributed by atoms with Crippen LogP contribution in [0.25, 0.3) is 0 Å². The Kier molecular flexibility index (Phi) is 7.38. The standard InChI is InChI=1S/C19H25F4N3.HI/c1-24-17(26-16-7-3-5-14(11-16)19(21,22)23)25-12-18(8-9-18)13-4-2-6-15(20)10-13;/h2,4,6,10,14,16H,3,5,7-9,11-12H2,1H3,(H2,24,25,26);1H. The van der Waals surface area contributed by atoms with E-state index in [2.05, 4.69) is 15.6 Å². The first-order chi connectivity index (χ1) is 12.3. The second kappa shape index (κ2) is 8.96. The van der Waals surface area contributed by atoms with E-state index in [-0.39, 0.29) is 54.1 Å². The third kappa shape index (κ3) is 5.71. The Morgan fingerprint density at radius 2 is 2.00 bits per heavy atom. The minimum Gasteiger partial charge on any atom is -0.356 e. The van der Waals surface area contributed by atoms with Crippen LogP contribution in [0.4, 0.5) is 17.6 Å². The van der Waals surface area contributed by atoms with Crippen LogP contribution in [-0.2, 0) is 5.41 Å². The smallest absolute Gasteiger partial charge is 0.356 e. The van der Waals surface area contributed by atoms with E-state index in [1.807, 2.05) is 6.07 Å². The third-order valence-electron chi connectivity index (χ3n) is 5.59. The summed E-state index contributed by atoms with van der Waals surface area (Å²) < 4.78 is 52.4. The molecule has 2 fully saturated rings. The number of hydrogen-bond donors (Lipinski definition) is 2. The van der Waals surface area contributed by atoms with Gasteiger partial charge in [-0.3, -0.25) is 4.99 Å². The number of alkyl halides is 3. The maximum absolute atomic E-state index is 13.5. The maximum Gasteiger partial charge on any atom is 0.391 e. The predicted octanol–water partition coefficient (Wildman–Crippen LogP) is 4.76. The van der Waals surface area contributed by atoms with Gasteiger partial charge >= 0.3 is 6.18 Å². The van der Waals surface area contributed by atoms with Crippen LogP contribution in [0.5, 0.6) is 0 Å². The van der Waals surface area contributed by atoms with Gasteiger partial charge in [0.1, 0.15) is 5.82 Å². The Bertz CT molecular complexity index is 659. The van der Waals surface area contributed by atoms with Crippen LogP contribution in [0.1, 0.15) is 44.1 Å². The Hall–Kier alpha value is -1.06. The first-order valence-corrected chi connectivity index (χ1v) is 9.12. The van der Waals surface area contributed by atoms with Crippen molar-refractivity contribution in [3.8, 4) is 0 Å². The number of nitrogens with one attached hydrogen (secondary N) is 2. The predicted molar refractivity (Wildman–Crippen MR) is 109 cm³/mol. The molecule has 2 unspecified atom stereocenters. The Balaban J connectivity index is 0.00000261. The molecule has 3 nitrogen and oxygen atoms in total. The number of halogens is 5. The van der Waals surface area contributed by atoms with E-state index < -0.39 is 12.1 Å². The number of benzene rings is 1.